The molecule has 4 rings (SSSR count). The third-order valence-electron chi connectivity index (χ3n) is 7.90. The van der Waals surface area contributed by atoms with Crippen molar-refractivity contribution < 1.29 is 44.6 Å². The first kappa shape index (κ1) is 32.1. The normalized spacial score (nSPS) is 17.9. The third kappa shape index (κ3) is 7.29. The van der Waals surface area contributed by atoms with Gasteiger partial charge in [-0.05, 0) is 66.9 Å². The number of nitrogens with one attached hydrogen (secondary N) is 1. The molecular formula is C29H37N5NaO3-. The van der Waals surface area contributed by atoms with Crippen molar-refractivity contribution in [2.45, 2.75) is 58.9 Å². The number of rotatable bonds is 8. The van der Waals surface area contributed by atoms with E-state index in [2.05, 4.69) is 71.7 Å². The molecule has 0 radical (unpaired) electrons. The Morgan fingerprint density at radius 1 is 1.24 bits per heavy atom. The first-order valence-electron chi connectivity index (χ1n) is 12.8. The molecule has 0 atom stereocenters. The number of ketones is 1. The minimum absolute atomic E-state index is 0. The van der Waals surface area contributed by atoms with Crippen molar-refractivity contribution in [3.05, 3.63) is 58.7 Å². The number of piperazine rings is 1. The summed E-state index contributed by atoms with van der Waals surface area (Å²) in [6.45, 7) is 13.0. The number of imidazole rings is 1. The largest absolute Gasteiger partial charge is 1.00 e. The first-order valence-corrected chi connectivity index (χ1v) is 12.8. The van der Waals surface area contributed by atoms with Gasteiger partial charge < -0.3 is 20.2 Å². The van der Waals surface area contributed by atoms with Gasteiger partial charge >= 0.3 is 29.6 Å². The molecule has 0 bridgehead atoms. The molecule has 0 saturated carbocycles. The van der Waals surface area contributed by atoms with Crippen LogP contribution in [-0.4, -0.2) is 70.0 Å². The molecule has 0 spiro atoms. The van der Waals surface area contributed by atoms with Gasteiger partial charge in [-0.15, -0.1) is 0 Å². The van der Waals surface area contributed by atoms with E-state index in [1.807, 2.05) is 12.4 Å². The molecule has 1 aromatic heterocycles. The number of hydrogen-bond acceptors (Lipinski definition) is 7. The smallest absolute Gasteiger partial charge is 0.870 e. The van der Waals surface area contributed by atoms with Gasteiger partial charge in [-0.1, -0.05) is 38.6 Å². The molecule has 1 aliphatic carbocycles. The topological polar surface area (TPSA) is 123 Å². The number of hydrogen-bond donors (Lipinski definition) is 1. The molecule has 198 valence electrons. The van der Waals surface area contributed by atoms with E-state index < -0.39 is 0 Å². The molecule has 1 fully saturated rings. The van der Waals surface area contributed by atoms with Crippen LogP contribution < -0.4 is 29.6 Å². The number of allylic oxidation sites excluding steroid dienone is 2. The zero-order chi connectivity index (χ0) is 25.9. The number of nitriles is 1. The minimum Gasteiger partial charge on any atom is -0.870 e. The third-order valence-corrected chi connectivity index (χ3v) is 7.90. The molecule has 2 heterocycles. The second-order valence-corrected chi connectivity index (χ2v) is 11.3. The molecule has 2 N–H and O–H groups in total. The fraction of sp³-hybridized carbons (Fsp3) is 0.517. The number of carbonyl (C=O) groups excluding carboxylic acids is 2. The average molecular weight is 527 g/mol. The summed E-state index contributed by atoms with van der Waals surface area (Å²) in [6, 6.07) is 8.52. The van der Waals surface area contributed by atoms with Gasteiger partial charge in [-0.25, -0.2) is 11.3 Å². The van der Waals surface area contributed by atoms with Crippen molar-refractivity contribution in [3.8, 4) is 6.07 Å². The predicted molar refractivity (Wildman–Crippen MR) is 142 cm³/mol. The van der Waals surface area contributed by atoms with Crippen molar-refractivity contribution in [2.24, 2.45) is 5.41 Å². The number of benzene rings is 1. The zero-order valence-corrected chi connectivity index (χ0v) is 25.3. The Morgan fingerprint density at radius 3 is 2.53 bits per heavy atom. The van der Waals surface area contributed by atoms with Crippen LogP contribution in [0.15, 0.2) is 30.5 Å². The Bertz CT molecular complexity index is 1200. The van der Waals surface area contributed by atoms with Gasteiger partial charge in [0.15, 0.2) is 5.82 Å². The van der Waals surface area contributed by atoms with Gasteiger partial charge in [0.2, 0.25) is 5.78 Å². The minimum atomic E-state index is -0.189. The molecule has 2 aliphatic rings. The first-order chi connectivity index (χ1) is 17.1. The second-order valence-electron chi connectivity index (χ2n) is 11.3. The summed E-state index contributed by atoms with van der Waals surface area (Å²) in [7, 11) is 0. The Labute approximate surface area is 248 Å². The summed E-state index contributed by atoms with van der Waals surface area (Å²) < 4.78 is 0. The fourth-order valence-corrected chi connectivity index (χ4v) is 5.25. The number of Topliss-reactive ketones (excluding diaryl/α,β-unsaturated/α-hetero) is 1. The van der Waals surface area contributed by atoms with Crippen LogP contribution in [0.1, 0.15) is 80.0 Å². The molecule has 2 aromatic rings. The number of nitrogens with zero attached hydrogens (tertiary/aromatic N) is 4. The Kier molecular flexibility index (Phi) is 11.2. The van der Waals surface area contributed by atoms with Gasteiger partial charge in [0, 0.05) is 38.1 Å². The molecule has 1 aromatic carbocycles. The van der Waals surface area contributed by atoms with Crippen LogP contribution in [0, 0.1) is 16.7 Å². The van der Waals surface area contributed by atoms with E-state index in [1.54, 1.807) is 0 Å². The van der Waals surface area contributed by atoms with Gasteiger partial charge in [-0.3, -0.25) is 9.69 Å². The number of carbonyl (C=O) groups is 1. The Hall–Kier alpha value is -2.12. The van der Waals surface area contributed by atoms with Crippen LogP contribution in [0.25, 0.3) is 5.57 Å². The van der Waals surface area contributed by atoms with Crippen LogP contribution in [-0.2, 0) is 16.8 Å². The van der Waals surface area contributed by atoms with E-state index in [0.29, 0.717) is 12.2 Å². The maximum Gasteiger partial charge on any atom is 1.00 e. The van der Waals surface area contributed by atoms with Crippen molar-refractivity contribution >= 4 is 17.6 Å². The molecule has 0 unspecified atom stereocenters. The standard InChI is InChI=1S/C29H36N5O2.Na.H2O/c1-28(2)9-7-21(8-10-28)25-18-23(29(3,4)34-13-11-33(12-14-34)15-16-35)6-5-22(25)17-26(36)27-31-20-24(19-30)32-27;;/h5-7,18,20H,8-15,17H2,1-4H3,(H,31,32);;1H2/q-1;+1;/p-1. The second kappa shape index (κ2) is 13.3. The van der Waals surface area contributed by atoms with Crippen molar-refractivity contribution in [1.29, 1.82) is 5.26 Å². The predicted octanol–water partition coefficient (Wildman–Crippen LogP) is 1.09. The van der Waals surface area contributed by atoms with Crippen LogP contribution in [0.3, 0.4) is 0 Å². The fourth-order valence-electron chi connectivity index (χ4n) is 5.25. The monoisotopic (exact) mass is 526 g/mol. The summed E-state index contributed by atoms with van der Waals surface area (Å²) in [6.07, 6.45) is 9.10. The van der Waals surface area contributed by atoms with Crippen LogP contribution in [0.4, 0.5) is 0 Å². The van der Waals surface area contributed by atoms with Crippen molar-refractivity contribution in [2.75, 3.05) is 32.7 Å². The summed E-state index contributed by atoms with van der Waals surface area (Å²) in [5.74, 6) is 0.107. The molecule has 8 nitrogen and oxygen atoms in total. The van der Waals surface area contributed by atoms with E-state index in [0.717, 1.165) is 56.6 Å². The van der Waals surface area contributed by atoms with Gasteiger partial charge in [0.05, 0.1) is 6.20 Å². The Morgan fingerprint density at radius 2 is 1.95 bits per heavy atom. The molecule has 38 heavy (non-hydrogen) atoms. The Balaban J connectivity index is 0.00000253. The summed E-state index contributed by atoms with van der Waals surface area (Å²) >= 11 is 0. The maximum atomic E-state index is 13.0. The van der Waals surface area contributed by atoms with Crippen molar-refractivity contribution in [1.82, 2.24) is 19.8 Å². The summed E-state index contributed by atoms with van der Waals surface area (Å²) in [5, 5.41) is 9.07. The molecule has 0 amide bonds. The summed E-state index contributed by atoms with van der Waals surface area (Å²) in [5.41, 5.74) is 5.05. The quantitative estimate of drug-likeness (QED) is 0.310. The zero-order valence-electron chi connectivity index (χ0n) is 23.3. The van der Waals surface area contributed by atoms with Gasteiger partial charge in [0.25, 0.3) is 0 Å². The van der Waals surface area contributed by atoms with Crippen LogP contribution in [0.2, 0.25) is 0 Å². The molecule has 9 heteroatoms. The SMILES string of the molecule is CC1(C)CC=C(c2cc(C(C)(C)N3CCN(C[C-]=O)CC3)ccc2CC(=O)c2ncc(C#N)[nH]2)CC1.[Na+].[OH-]. The van der Waals surface area contributed by atoms with E-state index in [-0.39, 0.29) is 64.0 Å². The van der Waals surface area contributed by atoms with Gasteiger partial charge in [0.1, 0.15) is 11.8 Å². The van der Waals surface area contributed by atoms with Gasteiger partial charge in [-0.2, -0.15) is 5.26 Å². The van der Waals surface area contributed by atoms with Crippen LogP contribution in [0.5, 0.6) is 0 Å². The average Bonchev–Trinajstić information content (AvgIpc) is 3.35. The summed E-state index contributed by atoms with van der Waals surface area (Å²) in [4.78, 5) is 35.4. The van der Waals surface area contributed by atoms with Crippen LogP contribution >= 0.6 is 0 Å². The number of aromatic nitrogens is 2. The molecule has 1 saturated heterocycles. The van der Waals surface area contributed by atoms with E-state index in [4.69, 9.17) is 5.26 Å². The van der Waals surface area contributed by atoms with E-state index >= 15 is 0 Å². The molecular weight excluding hydrogens is 489 g/mol. The molecule has 1 aliphatic heterocycles. The van der Waals surface area contributed by atoms with E-state index in [9.17, 15) is 9.59 Å². The van der Waals surface area contributed by atoms with Crippen molar-refractivity contribution in [3.63, 3.8) is 0 Å². The number of aromatic amines is 1. The maximum absolute atomic E-state index is 13.0. The van der Waals surface area contributed by atoms with E-state index in [1.165, 1.54) is 17.3 Å². The number of H-pyrrole nitrogens is 1.